The number of carbonyl (C=O) groups excluding carboxylic acids is 2. The number of amides is 2. The molecule has 0 spiro atoms. The minimum absolute atomic E-state index is 0.0803. The largest absolute Gasteiger partial charge is 0.390 e. The molecule has 2 rings (SSSR count). The van der Waals surface area contributed by atoms with Crippen LogP contribution < -0.4 is 16.0 Å². The van der Waals surface area contributed by atoms with Gasteiger partial charge in [-0.15, -0.1) is 0 Å². The van der Waals surface area contributed by atoms with Crippen LogP contribution in [-0.2, 0) is 25.7 Å². The Hall–Kier alpha value is -2.13. The van der Waals surface area contributed by atoms with Crippen molar-refractivity contribution in [2.24, 2.45) is 5.16 Å². The van der Waals surface area contributed by atoms with E-state index in [9.17, 15) is 9.59 Å². The van der Waals surface area contributed by atoms with Gasteiger partial charge in [0.15, 0.2) is 5.84 Å². The highest BCUT2D eigenvalue weighted by Crippen LogP contribution is 2.22. The van der Waals surface area contributed by atoms with Gasteiger partial charge >= 0.3 is 0 Å². The molecule has 1 aromatic rings. The third-order valence-corrected chi connectivity index (χ3v) is 5.40. The van der Waals surface area contributed by atoms with Gasteiger partial charge in [0.25, 0.3) is 0 Å². The Kier molecular flexibility index (Phi) is 11.5. The maximum Gasteiger partial charge on any atom is 0.225 e. The molecule has 0 fully saturated rings. The fraction of sp³-hybridized carbons (Fsp3) is 0.500. The average molecular weight is 485 g/mol. The van der Waals surface area contributed by atoms with Gasteiger partial charge in [-0.05, 0) is 35.8 Å². The first-order valence-corrected chi connectivity index (χ1v) is 11.4. The van der Waals surface area contributed by atoms with Gasteiger partial charge < -0.3 is 25.5 Å². The van der Waals surface area contributed by atoms with Crippen LogP contribution in [0.5, 0.6) is 0 Å². The van der Waals surface area contributed by atoms with Crippen LogP contribution >= 0.6 is 23.2 Å². The van der Waals surface area contributed by atoms with Crippen LogP contribution in [0.25, 0.3) is 0 Å². The predicted molar refractivity (Wildman–Crippen MR) is 126 cm³/mol. The van der Waals surface area contributed by atoms with Crippen molar-refractivity contribution in [2.75, 3.05) is 26.3 Å². The first-order valence-electron chi connectivity index (χ1n) is 10.6. The maximum atomic E-state index is 12.3. The number of rotatable bonds is 12. The standard InChI is InChI=1S/C22H30Cl2N4O4/c1-3-17(31-8-7-25-12-15-5-6-18(23)19(24)9-15)13-26-22(30)11-16-10-20(28-32-14-16)27-21(29)4-2/h5-6,9-10,17,25H,3-4,7-8,11-14H2,1-2H3,(H,26,30)(H,27,28,29)/t17-/m1/s1. The fourth-order valence-corrected chi connectivity index (χ4v) is 3.16. The number of oxime groups is 1. The SMILES string of the molecule is CCC(=O)NC1=NOCC(CC(=O)NC[C@@H](CC)OCCNCc2ccc(Cl)c(Cl)c2)=C1. The second kappa shape index (κ2) is 14.1. The summed E-state index contributed by atoms with van der Waals surface area (Å²) >= 11 is 11.9. The summed E-state index contributed by atoms with van der Waals surface area (Å²) in [6, 6.07) is 5.53. The minimum Gasteiger partial charge on any atom is -0.390 e. The number of halogens is 2. The Balaban J connectivity index is 1.64. The average Bonchev–Trinajstić information content (AvgIpc) is 2.78. The predicted octanol–water partition coefficient (Wildman–Crippen LogP) is 3.18. The van der Waals surface area contributed by atoms with Gasteiger partial charge in [0.2, 0.25) is 11.8 Å². The third-order valence-electron chi connectivity index (χ3n) is 4.66. The van der Waals surface area contributed by atoms with E-state index in [2.05, 4.69) is 21.1 Å². The summed E-state index contributed by atoms with van der Waals surface area (Å²) < 4.78 is 5.86. The highest BCUT2D eigenvalue weighted by atomic mass is 35.5. The van der Waals surface area contributed by atoms with Crippen LogP contribution in [0.1, 0.15) is 38.7 Å². The zero-order valence-electron chi connectivity index (χ0n) is 18.4. The quantitative estimate of drug-likeness (QED) is 0.395. The second-order valence-electron chi connectivity index (χ2n) is 7.26. The van der Waals surface area contributed by atoms with E-state index < -0.39 is 0 Å². The van der Waals surface area contributed by atoms with E-state index in [4.69, 9.17) is 32.8 Å². The summed E-state index contributed by atoms with van der Waals surface area (Å²) in [5.74, 6) is 0.0143. The second-order valence-corrected chi connectivity index (χ2v) is 8.08. The van der Waals surface area contributed by atoms with Crippen LogP contribution in [0, 0.1) is 0 Å². The summed E-state index contributed by atoms with van der Waals surface area (Å²) in [5.41, 5.74) is 1.78. The molecule has 1 aliphatic heterocycles. The van der Waals surface area contributed by atoms with Crippen LogP contribution in [0.2, 0.25) is 10.0 Å². The van der Waals surface area contributed by atoms with Crippen molar-refractivity contribution in [2.45, 2.75) is 45.8 Å². The molecule has 8 nitrogen and oxygen atoms in total. The van der Waals surface area contributed by atoms with E-state index in [1.54, 1.807) is 19.1 Å². The number of nitrogens with zero attached hydrogens (tertiary/aromatic N) is 1. The Morgan fingerprint density at radius 2 is 2.03 bits per heavy atom. The molecule has 1 atom stereocenters. The number of carbonyl (C=O) groups is 2. The van der Waals surface area contributed by atoms with Gasteiger partial charge in [-0.25, -0.2) is 0 Å². The zero-order chi connectivity index (χ0) is 23.3. The van der Waals surface area contributed by atoms with Crippen molar-refractivity contribution in [3.05, 3.63) is 45.5 Å². The molecule has 3 N–H and O–H groups in total. The van der Waals surface area contributed by atoms with Crippen LogP contribution in [0.3, 0.4) is 0 Å². The molecule has 1 heterocycles. The van der Waals surface area contributed by atoms with E-state index >= 15 is 0 Å². The molecule has 1 aromatic carbocycles. The zero-order valence-corrected chi connectivity index (χ0v) is 19.9. The molecule has 0 aliphatic carbocycles. The minimum atomic E-state index is -0.163. The molecule has 0 saturated heterocycles. The number of ether oxygens (including phenoxy) is 1. The highest BCUT2D eigenvalue weighted by Gasteiger charge is 2.15. The molecule has 0 unspecified atom stereocenters. The van der Waals surface area contributed by atoms with Gasteiger partial charge in [-0.2, -0.15) is 0 Å². The summed E-state index contributed by atoms with van der Waals surface area (Å²) in [4.78, 5) is 28.8. The Bertz CT molecular complexity index is 845. The number of hydrogen-bond acceptors (Lipinski definition) is 6. The summed E-state index contributed by atoms with van der Waals surface area (Å²) in [6.07, 6.45) is 2.88. The Labute approximate surface area is 198 Å². The van der Waals surface area contributed by atoms with E-state index in [1.807, 2.05) is 19.1 Å². The summed E-state index contributed by atoms with van der Waals surface area (Å²) in [5, 5.41) is 13.7. The maximum absolute atomic E-state index is 12.3. The Morgan fingerprint density at radius 1 is 1.22 bits per heavy atom. The van der Waals surface area contributed by atoms with Crippen molar-refractivity contribution in [3.63, 3.8) is 0 Å². The molecule has 0 radical (unpaired) electrons. The molecule has 2 amide bonds. The lowest BCUT2D eigenvalue weighted by Crippen LogP contribution is -2.35. The van der Waals surface area contributed by atoms with E-state index in [1.165, 1.54) is 0 Å². The number of nitrogens with one attached hydrogen (secondary N) is 3. The van der Waals surface area contributed by atoms with Crippen molar-refractivity contribution in [1.29, 1.82) is 0 Å². The highest BCUT2D eigenvalue weighted by molar-refractivity contribution is 6.42. The van der Waals surface area contributed by atoms with Gasteiger partial charge in [0.05, 0.1) is 29.2 Å². The van der Waals surface area contributed by atoms with Crippen LogP contribution in [0.4, 0.5) is 0 Å². The van der Waals surface area contributed by atoms with E-state index in [-0.39, 0.29) is 30.9 Å². The molecule has 176 valence electrons. The molecular formula is C22H30Cl2N4O4. The molecule has 1 aliphatic rings. The van der Waals surface area contributed by atoms with Gasteiger partial charge in [0, 0.05) is 26.1 Å². The molecule has 0 aromatic heterocycles. The van der Waals surface area contributed by atoms with E-state index in [0.717, 1.165) is 17.6 Å². The van der Waals surface area contributed by atoms with E-state index in [0.29, 0.717) is 48.5 Å². The molecule has 0 saturated carbocycles. The lowest BCUT2D eigenvalue weighted by atomic mass is 10.1. The first kappa shape index (κ1) is 26.1. The lowest BCUT2D eigenvalue weighted by Gasteiger charge is -2.18. The molecular weight excluding hydrogens is 455 g/mol. The summed E-state index contributed by atoms with van der Waals surface area (Å²) in [6.45, 7) is 6.24. The van der Waals surface area contributed by atoms with Crippen molar-refractivity contribution < 1.29 is 19.2 Å². The molecule has 10 heteroatoms. The lowest BCUT2D eigenvalue weighted by molar-refractivity contribution is -0.121. The summed E-state index contributed by atoms with van der Waals surface area (Å²) in [7, 11) is 0. The monoisotopic (exact) mass is 484 g/mol. The number of benzene rings is 1. The number of amidine groups is 1. The van der Waals surface area contributed by atoms with Crippen molar-refractivity contribution in [3.8, 4) is 0 Å². The first-order chi connectivity index (χ1) is 15.4. The smallest absolute Gasteiger partial charge is 0.225 e. The molecule has 32 heavy (non-hydrogen) atoms. The van der Waals surface area contributed by atoms with Crippen LogP contribution in [0.15, 0.2) is 35.0 Å². The molecule has 0 bridgehead atoms. The van der Waals surface area contributed by atoms with Gasteiger partial charge in [0.1, 0.15) is 6.61 Å². The van der Waals surface area contributed by atoms with Crippen LogP contribution in [-0.4, -0.2) is 50.1 Å². The fourth-order valence-electron chi connectivity index (χ4n) is 2.84. The van der Waals surface area contributed by atoms with Crippen molar-refractivity contribution in [1.82, 2.24) is 16.0 Å². The van der Waals surface area contributed by atoms with Gasteiger partial charge in [-0.1, -0.05) is 48.3 Å². The van der Waals surface area contributed by atoms with Crippen molar-refractivity contribution >= 4 is 40.9 Å². The van der Waals surface area contributed by atoms with Gasteiger partial charge in [-0.3, -0.25) is 9.59 Å². The topological polar surface area (TPSA) is 101 Å². The third kappa shape index (κ3) is 9.56. The normalized spacial score (nSPS) is 14.1. The Morgan fingerprint density at radius 3 is 2.75 bits per heavy atom. The number of hydrogen-bond donors (Lipinski definition) is 3.